The van der Waals surface area contributed by atoms with Gasteiger partial charge in [0, 0.05) is 30.6 Å². The molecule has 190 valence electrons. The van der Waals surface area contributed by atoms with Crippen LogP contribution in [-0.2, 0) is 5.41 Å². The molecule has 2 aromatic carbocycles. The quantitative estimate of drug-likeness (QED) is 0.213. The normalized spacial score (nSPS) is 12.1. The van der Waals surface area contributed by atoms with Gasteiger partial charge in [0.1, 0.15) is 11.0 Å². The number of benzene rings is 2. The molecule has 38 heavy (non-hydrogen) atoms. The highest BCUT2D eigenvalue weighted by Gasteiger charge is 2.25. The van der Waals surface area contributed by atoms with Gasteiger partial charge < -0.3 is 0 Å². The molecule has 0 radical (unpaired) electrons. The number of aromatic nitrogens is 2. The van der Waals surface area contributed by atoms with E-state index in [2.05, 4.69) is 120 Å². The number of hydrogen-bond donors (Lipinski definition) is 0. The van der Waals surface area contributed by atoms with Crippen molar-refractivity contribution < 1.29 is 0 Å². The second-order valence-corrected chi connectivity index (χ2v) is 14.1. The molecular weight excluding hydrogens is 521 g/mol. The van der Waals surface area contributed by atoms with E-state index in [9.17, 15) is 0 Å². The number of fused-ring (bicyclic) bond motifs is 1. The molecule has 0 atom stereocenters. The van der Waals surface area contributed by atoms with Crippen LogP contribution >= 0.6 is 34.0 Å². The molecule has 6 aromatic rings. The van der Waals surface area contributed by atoms with Crippen LogP contribution in [0.25, 0.3) is 53.1 Å². The zero-order valence-electron chi connectivity index (χ0n) is 22.3. The van der Waals surface area contributed by atoms with Crippen molar-refractivity contribution in [2.45, 2.75) is 46.0 Å². The smallest absolute Gasteiger partial charge is 0.110 e. The van der Waals surface area contributed by atoms with Crippen molar-refractivity contribution in [3.05, 3.63) is 94.7 Å². The molecule has 0 N–H and O–H groups in total. The van der Waals surface area contributed by atoms with Gasteiger partial charge in [0.15, 0.2) is 0 Å². The summed E-state index contributed by atoms with van der Waals surface area (Å²) in [6, 6.07) is 30.0. The molecule has 0 amide bonds. The van der Waals surface area contributed by atoms with E-state index in [1.54, 1.807) is 0 Å². The number of thiophene rings is 3. The molecule has 0 fully saturated rings. The summed E-state index contributed by atoms with van der Waals surface area (Å²) in [4.78, 5) is 18.6. The van der Waals surface area contributed by atoms with E-state index in [0.717, 1.165) is 33.5 Å². The molecular formula is C33H30N2S3. The van der Waals surface area contributed by atoms with Gasteiger partial charge in [-0.1, -0.05) is 95.3 Å². The van der Waals surface area contributed by atoms with Gasteiger partial charge in [0.2, 0.25) is 0 Å². The molecule has 6 rings (SSSR count). The molecule has 0 aliphatic carbocycles. The van der Waals surface area contributed by atoms with Crippen molar-refractivity contribution in [1.82, 2.24) is 9.97 Å². The summed E-state index contributed by atoms with van der Waals surface area (Å²) in [6.07, 6.45) is 0. The molecule has 5 heteroatoms. The number of hydrogen-bond acceptors (Lipinski definition) is 5. The van der Waals surface area contributed by atoms with Crippen molar-refractivity contribution in [3.8, 4) is 42.0 Å². The van der Waals surface area contributed by atoms with Crippen molar-refractivity contribution in [2.24, 2.45) is 0 Å². The predicted octanol–water partition coefficient (Wildman–Crippen LogP) is 10.9. The molecule has 4 aromatic heterocycles. The predicted molar refractivity (Wildman–Crippen MR) is 168 cm³/mol. The van der Waals surface area contributed by atoms with Gasteiger partial charge in [-0.3, -0.25) is 0 Å². The molecule has 0 spiro atoms. The second-order valence-electron chi connectivity index (χ2n) is 10.9. The molecule has 0 aliphatic rings. The molecule has 0 saturated heterocycles. The standard InChI is InChI=1S/C33H30N2S3/c1-20(2)23-16-17-24(36-23)31-29-30(32(38-31)25-18-19-26(37-25)33(3,4)5)35-28(22-14-10-7-11-15-22)27(34-29)21-12-8-6-9-13-21/h6-20H,1-5H3. The maximum absolute atomic E-state index is 5.42. The molecule has 0 unspecified atom stereocenters. The topological polar surface area (TPSA) is 25.8 Å². The maximum Gasteiger partial charge on any atom is 0.110 e. The van der Waals surface area contributed by atoms with Crippen molar-refractivity contribution in [3.63, 3.8) is 0 Å². The Bertz CT molecular complexity index is 1720. The van der Waals surface area contributed by atoms with Crippen LogP contribution in [-0.4, -0.2) is 9.97 Å². The highest BCUT2D eigenvalue weighted by Crippen LogP contribution is 2.49. The highest BCUT2D eigenvalue weighted by molar-refractivity contribution is 7.28. The minimum Gasteiger partial charge on any atom is -0.242 e. The van der Waals surface area contributed by atoms with Gasteiger partial charge in [0.25, 0.3) is 0 Å². The average molecular weight is 551 g/mol. The van der Waals surface area contributed by atoms with Crippen molar-refractivity contribution >= 4 is 45.0 Å². The highest BCUT2D eigenvalue weighted by atomic mass is 32.1. The van der Waals surface area contributed by atoms with E-state index < -0.39 is 0 Å². The Hall–Kier alpha value is -3.12. The molecule has 2 nitrogen and oxygen atoms in total. The van der Waals surface area contributed by atoms with Gasteiger partial charge in [0.05, 0.1) is 21.1 Å². The van der Waals surface area contributed by atoms with Gasteiger partial charge in [-0.05, 0) is 35.6 Å². The molecule has 0 bridgehead atoms. The van der Waals surface area contributed by atoms with Crippen LogP contribution in [0, 0.1) is 0 Å². The third kappa shape index (κ3) is 4.64. The van der Waals surface area contributed by atoms with Crippen LogP contribution in [0.2, 0.25) is 0 Å². The summed E-state index contributed by atoms with van der Waals surface area (Å²) in [7, 11) is 0. The summed E-state index contributed by atoms with van der Waals surface area (Å²) < 4.78 is 0. The Morgan fingerprint density at radius 3 is 1.53 bits per heavy atom. The number of rotatable bonds is 5. The molecule has 0 aliphatic heterocycles. The number of nitrogens with zero attached hydrogens (tertiary/aromatic N) is 2. The van der Waals surface area contributed by atoms with Crippen molar-refractivity contribution in [1.29, 1.82) is 0 Å². The van der Waals surface area contributed by atoms with E-state index in [0.29, 0.717) is 5.92 Å². The lowest BCUT2D eigenvalue weighted by atomic mass is 9.95. The van der Waals surface area contributed by atoms with Crippen LogP contribution in [0.15, 0.2) is 84.9 Å². The Kier molecular flexibility index (Phi) is 6.55. The first-order valence-electron chi connectivity index (χ1n) is 13.0. The van der Waals surface area contributed by atoms with Crippen molar-refractivity contribution in [2.75, 3.05) is 0 Å². The van der Waals surface area contributed by atoms with Gasteiger partial charge in [-0.2, -0.15) is 0 Å². The Morgan fingerprint density at radius 2 is 1.08 bits per heavy atom. The lowest BCUT2D eigenvalue weighted by Gasteiger charge is -2.15. The second kappa shape index (κ2) is 9.88. The molecule has 0 saturated carbocycles. The third-order valence-electron chi connectivity index (χ3n) is 6.61. The Labute approximate surface area is 236 Å². The summed E-state index contributed by atoms with van der Waals surface area (Å²) in [5.74, 6) is 0.502. The zero-order valence-corrected chi connectivity index (χ0v) is 24.7. The van der Waals surface area contributed by atoms with Gasteiger partial charge >= 0.3 is 0 Å². The summed E-state index contributed by atoms with van der Waals surface area (Å²) in [5, 5.41) is 0. The van der Waals surface area contributed by atoms with E-state index >= 15 is 0 Å². The van der Waals surface area contributed by atoms with Crippen LogP contribution in [0.3, 0.4) is 0 Å². The SMILES string of the molecule is CC(C)c1ccc(-c2sc(-c3ccc(C(C)(C)C)s3)c3nc(-c4ccccc4)c(-c4ccccc4)nc23)s1. The Morgan fingerprint density at radius 1 is 0.579 bits per heavy atom. The minimum atomic E-state index is 0.111. The van der Waals surface area contributed by atoms with Gasteiger partial charge in [-0.15, -0.1) is 34.0 Å². The average Bonchev–Trinajstić information content (AvgIpc) is 3.67. The lowest BCUT2D eigenvalue weighted by Crippen LogP contribution is -2.07. The first-order valence-corrected chi connectivity index (χ1v) is 15.4. The summed E-state index contributed by atoms with van der Waals surface area (Å²) in [6.45, 7) is 11.3. The van der Waals surface area contributed by atoms with Gasteiger partial charge in [-0.25, -0.2) is 9.97 Å². The Balaban J connectivity index is 1.66. The molecule has 4 heterocycles. The fourth-order valence-corrected chi connectivity index (χ4v) is 8.00. The van der Waals surface area contributed by atoms with E-state index in [-0.39, 0.29) is 5.41 Å². The third-order valence-corrected chi connectivity index (χ3v) is 11.0. The monoisotopic (exact) mass is 550 g/mol. The lowest BCUT2D eigenvalue weighted by molar-refractivity contribution is 0.604. The largest absolute Gasteiger partial charge is 0.242 e. The zero-order chi connectivity index (χ0) is 26.4. The summed E-state index contributed by atoms with van der Waals surface area (Å²) in [5.41, 5.74) is 6.12. The fraction of sp³-hybridized carbons (Fsp3) is 0.212. The minimum absolute atomic E-state index is 0.111. The van der Waals surface area contributed by atoms with Crippen LogP contribution in [0.1, 0.15) is 50.3 Å². The van der Waals surface area contributed by atoms with Crippen LogP contribution < -0.4 is 0 Å². The first kappa shape index (κ1) is 25.2. The van der Waals surface area contributed by atoms with E-state index in [1.165, 1.54) is 29.3 Å². The van der Waals surface area contributed by atoms with Crippen LogP contribution in [0.4, 0.5) is 0 Å². The summed E-state index contributed by atoms with van der Waals surface area (Å²) >= 11 is 5.58. The van der Waals surface area contributed by atoms with E-state index in [4.69, 9.17) is 9.97 Å². The maximum atomic E-state index is 5.42. The van der Waals surface area contributed by atoms with E-state index in [1.807, 2.05) is 34.0 Å². The first-order chi connectivity index (χ1) is 18.3. The van der Waals surface area contributed by atoms with Crippen LogP contribution in [0.5, 0.6) is 0 Å². The fourth-order valence-electron chi connectivity index (χ4n) is 4.53.